The highest BCUT2D eigenvalue weighted by molar-refractivity contribution is 5.92. The first-order valence-electron chi connectivity index (χ1n) is 7.56. The van der Waals surface area contributed by atoms with Crippen LogP contribution in [0.5, 0.6) is 0 Å². The number of amides is 1. The van der Waals surface area contributed by atoms with Gasteiger partial charge in [-0.3, -0.25) is 4.79 Å². The van der Waals surface area contributed by atoms with Crippen molar-refractivity contribution in [2.75, 3.05) is 6.54 Å². The van der Waals surface area contributed by atoms with Crippen LogP contribution >= 0.6 is 0 Å². The minimum atomic E-state index is -4.59. The van der Waals surface area contributed by atoms with Gasteiger partial charge in [-0.05, 0) is 36.4 Å². The molecule has 2 aromatic heterocycles. The van der Waals surface area contributed by atoms with E-state index in [2.05, 4.69) is 0 Å². The lowest BCUT2D eigenvalue weighted by molar-refractivity contribution is -0.142. The molecule has 0 fully saturated rings. The molecule has 0 aliphatic carbocycles. The molecule has 0 radical (unpaired) electrons. The number of carbonyl (C=O) groups excluding carboxylic acids is 1. The zero-order chi connectivity index (χ0) is 18.7. The van der Waals surface area contributed by atoms with Crippen LogP contribution in [-0.2, 0) is 6.54 Å². The number of benzene rings is 1. The molecule has 8 heteroatoms. The number of halogens is 4. The summed E-state index contributed by atoms with van der Waals surface area (Å²) in [5.41, 5.74) is 0.111. The van der Waals surface area contributed by atoms with Crippen molar-refractivity contribution >= 4 is 5.91 Å². The SMILES string of the molecule is O=C(c1ccc(-c2ccccc2F)o1)N(Cc1ccco1)CC(F)(F)F. The van der Waals surface area contributed by atoms with Gasteiger partial charge in [0.1, 0.15) is 23.9 Å². The number of rotatable bonds is 5. The normalized spacial score (nSPS) is 11.5. The summed E-state index contributed by atoms with van der Waals surface area (Å²) in [7, 11) is 0. The molecule has 0 N–H and O–H groups in total. The zero-order valence-corrected chi connectivity index (χ0v) is 13.3. The van der Waals surface area contributed by atoms with E-state index in [0.29, 0.717) is 4.90 Å². The van der Waals surface area contributed by atoms with Crippen molar-refractivity contribution in [3.8, 4) is 11.3 Å². The lowest BCUT2D eigenvalue weighted by Crippen LogP contribution is -2.38. The quantitative estimate of drug-likeness (QED) is 0.604. The van der Waals surface area contributed by atoms with Gasteiger partial charge in [-0.2, -0.15) is 13.2 Å². The predicted molar refractivity (Wildman–Crippen MR) is 83.6 cm³/mol. The van der Waals surface area contributed by atoms with Gasteiger partial charge in [0.05, 0.1) is 18.4 Å². The topological polar surface area (TPSA) is 46.6 Å². The lowest BCUT2D eigenvalue weighted by Gasteiger charge is -2.22. The molecule has 0 spiro atoms. The minimum absolute atomic E-state index is 0.0522. The van der Waals surface area contributed by atoms with E-state index in [4.69, 9.17) is 8.83 Å². The summed E-state index contributed by atoms with van der Waals surface area (Å²) < 4.78 is 62.6. The van der Waals surface area contributed by atoms with E-state index in [1.807, 2.05) is 0 Å². The maximum Gasteiger partial charge on any atom is 0.406 e. The maximum absolute atomic E-state index is 13.8. The number of carbonyl (C=O) groups is 1. The molecule has 1 amide bonds. The summed E-state index contributed by atoms with van der Waals surface area (Å²) in [6.45, 7) is -1.84. The summed E-state index contributed by atoms with van der Waals surface area (Å²) in [6.07, 6.45) is -3.29. The summed E-state index contributed by atoms with van der Waals surface area (Å²) in [5, 5.41) is 0. The molecule has 2 heterocycles. The molecule has 1 aromatic carbocycles. The number of nitrogens with zero attached hydrogens (tertiary/aromatic N) is 1. The van der Waals surface area contributed by atoms with Crippen molar-refractivity contribution < 1.29 is 31.2 Å². The Balaban J connectivity index is 1.86. The van der Waals surface area contributed by atoms with Gasteiger partial charge in [0.15, 0.2) is 5.76 Å². The van der Waals surface area contributed by atoms with E-state index in [0.717, 1.165) is 0 Å². The second kappa shape index (κ2) is 7.07. The number of hydrogen-bond acceptors (Lipinski definition) is 3. The Morgan fingerprint density at radius 1 is 1.04 bits per heavy atom. The molecule has 0 atom stereocenters. The number of hydrogen-bond donors (Lipinski definition) is 0. The molecule has 0 saturated carbocycles. The van der Waals surface area contributed by atoms with Crippen LogP contribution in [0.1, 0.15) is 16.3 Å². The third kappa shape index (κ3) is 4.14. The van der Waals surface area contributed by atoms with Crippen molar-refractivity contribution in [1.82, 2.24) is 4.90 Å². The van der Waals surface area contributed by atoms with Crippen LogP contribution in [0.15, 0.2) is 63.6 Å². The van der Waals surface area contributed by atoms with E-state index in [9.17, 15) is 22.4 Å². The lowest BCUT2D eigenvalue weighted by atomic mass is 10.1. The first-order valence-corrected chi connectivity index (χ1v) is 7.56. The standard InChI is InChI=1S/C18H13F4NO3/c19-14-6-2-1-5-13(14)15-7-8-16(26-15)17(24)23(11-18(20,21)22)10-12-4-3-9-25-12/h1-9H,10-11H2. The Morgan fingerprint density at radius 3 is 2.46 bits per heavy atom. The average molecular weight is 367 g/mol. The molecule has 4 nitrogen and oxygen atoms in total. The van der Waals surface area contributed by atoms with E-state index < -0.39 is 24.4 Å². The summed E-state index contributed by atoms with van der Waals surface area (Å²) in [5.74, 6) is -1.61. The highest BCUT2D eigenvalue weighted by Gasteiger charge is 2.34. The molecule has 3 rings (SSSR count). The predicted octanol–water partition coefficient (Wildman–Crippen LogP) is 4.88. The van der Waals surface area contributed by atoms with Crippen molar-refractivity contribution in [1.29, 1.82) is 0 Å². The molecular formula is C18H13F4NO3. The zero-order valence-electron chi connectivity index (χ0n) is 13.3. The summed E-state index contributed by atoms with van der Waals surface area (Å²) in [6, 6.07) is 11.3. The highest BCUT2D eigenvalue weighted by Crippen LogP contribution is 2.26. The monoisotopic (exact) mass is 367 g/mol. The van der Waals surface area contributed by atoms with Crippen molar-refractivity contribution in [3.63, 3.8) is 0 Å². The summed E-state index contributed by atoms with van der Waals surface area (Å²) in [4.78, 5) is 13.0. The second-order valence-electron chi connectivity index (χ2n) is 5.50. The fourth-order valence-corrected chi connectivity index (χ4v) is 2.42. The molecule has 3 aromatic rings. The third-order valence-corrected chi connectivity index (χ3v) is 3.54. The van der Waals surface area contributed by atoms with E-state index in [1.54, 1.807) is 6.07 Å². The van der Waals surface area contributed by atoms with Gasteiger partial charge in [0.25, 0.3) is 5.91 Å². The fraction of sp³-hybridized carbons (Fsp3) is 0.167. The van der Waals surface area contributed by atoms with Crippen LogP contribution in [0.3, 0.4) is 0 Å². The van der Waals surface area contributed by atoms with Crippen LogP contribution in [0.4, 0.5) is 17.6 Å². The molecule has 0 bridgehead atoms. The maximum atomic E-state index is 13.8. The van der Waals surface area contributed by atoms with Gasteiger partial charge in [-0.15, -0.1) is 0 Å². The van der Waals surface area contributed by atoms with E-state index in [1.165, 1.54) is 48.7 Å². The third-order valence-electron chi connectivity index (χ3n) is 3.54. The smallest absolute Gasteiger partial charge is 0.406 e. The van der Waals surface area contributed by atoms with Crippen LogP contribution in [-0.4, -0.2) is 23.5 Å². The molecule has 26 heavy (non-hydrogen) atoms. The highest BCUT2D eigenvalue weighted by atomic mass is 19.4. The van der Waals surface area contributed by atoms with Crippen LogP contribution in [0, 0.1) is 5.82 Å². The molecule has 0 saturated heterocycles. The largest absolute Gasteiger partial charge is 0.467 e. The van der Waals surface area contributed by atoms with Gasteiger partial charge in [-0.25, -0.2) is 4.39 Å². The molecular weight excluding hydrogens is 354 g/mol. The number of alkyl halides is 3. The average Bonchev–Trinajstić information content (AvgIpc) is 3.24. The van der Waals surface area contributed by atoms with Crippen LogP contribution < -0.4 is 0 Å². The van der Waals surface area contributed by atoms with E-state index in [-0.39, 0.29) is 29.4 Å². The minimum Gasteiger partial charge on any atom is -0.467 e. The van der Waals surface area contributed by atoms with Gasteiger partial charge < -0.3 is 13.7 Å². The molecule has 0 unspecified atom stereocenters. The number of furan rings is 2. The summed E-state index contributed by atoms with van der Waals surface area (Å²) >= 11 is 0. The fourth-order valence-electron chi connectivity index (χ4n) is 2.42. The second-order valence-corrected chi connectivity index (χ2v) is 5.50. The van der Waals surface area contributed by atoms with Gasteiger partial charge >= 0.3 is 6.18 Å². The molecule has 0 aliphatic heterocycles. The molecule has 136 valence electrons. The van der Waals surface area contributed by atoms with Gasteiger partial charge in [-0.1, -0.05) is 12.1 Å². The van der Waals surface area contributed by atoms with Crippen molar-refractivity contribution in [2.24, 2.45) is 0 Å². The van der Waals surface area contributed by atoms with Crippen molar-refractivity contribution in [2.45, 2.75) is 12.7 Å². The van der Waals surface area contributed by atoms with Crippen LogP contribution in [0.25, 0.3) is 11.3 Å². The van der Waals surface area contributed by atoms with Crippen molar-refractivity contribution in [3.05, 3.63) is 72.1 Å². The Hall–Kier alpha value is -3.03. The first-order chi connectivity index (χ1) is 12.3. The first kappa shape index (κ1) is 17.8. The Morgan fingerprint density at radius 2 is 1.81 bits per heavy atom. The van der Waals surface area contributed by atoms with Crippen LogP contribution in [0.2, 0.25) is 0 Å². The Kier molecular flexibility index (Phi) is 4.83. The Labute approximate surface area is 145 Å². The van der Waals surface area contributed by atoms with Gasteiger partial charge in [0.2, 0.25) is 0 Å². The van der Waals surface area contributed by atoms with Gasteiger partial charge in [0, 0.05) is 0 Å². The molecule has 0 aliphatic rings. The van der Waals surface area contributed by atoms with E-state index >= 15 is 0 Å². The Bertz CT molecular complexity index is 884.